The molecule has 0 aliphatic carbocycles. The first kappa shape index (κ1) is 13.1. The quantitative estimate of drug-likeness (QED) is 0.867. The number of aromatic nitrogens is 2. The molecule has 1 aromatic heterocycles. The van der Waals surface area contributed by atoms with Gasteiger partial charge in [-0.15, -0.1) is 0 Å². The van der Waals surface area contributed by atoms with Crippen molar-refractivity contribution in [3.8, 4) is 0 Å². The molecule has 0 bridgehead atoms. The van der Waals surface area contributed by atoms with Crippen LogP contribution in [0.4, 0.5) is 0 Å². The van der Waals surface area contributed by atoms with Crippen molar-refractivity contribution in [2.24, 2.45) is 5.73 Å². The molecule has 1 atom stereocenters. The summed E-state index contributed by atoms with van der Waals surface area (Å²) in [5.41, 5.74) is 6.92. The van der Waals surface area contributed by atoms with Crippen molar-refractivity contribution in [3.05, 3.63) is 47.6 Å². The summed E-state index contributed by atoms with van der Waals surface area (Å²) < 4.78 is 5.31. The van der Waals surface area contributed by atoms with Crippen LogP contribution < -0.4 is 5.73 Å². The molecule has 2 aromatic rings. The smallest absolute Gasteiger partial charge is 0.235 e. The average molecular weight is 263 g/mol. The molecule has 5 heteroatoms. The molecule has 1 unspecified atom stereocenters. The summed E-state index contributed by atoms with van der Waals surface area (Å²) in [5.74, 6) is 3.16. The number of rotatable bonds is 6. The van der Waals surface area contributed by atoms with Crippen molar-refractivity contribution in [1.29, 1.82) is 0 Å². The Morgan fingerprint density at radius 1 is 1.33 bits per heavy atom. The molecule has 2 rings (SSSR count). The third-order valence-corrected chi connectivity index (χ3v) is 3.53. The summed E-state index contributed by atoms with van der Waals surface area (Å²) in [6.07, 6.45) is 0. The first-order valence-corrected chi connectivity index (χ1v) is 7.15. The number of hydrogen-bond donors (Lipinski definition) is 1. The molecule has 18 heavy (non-hydrogen) atoms. The Morgan fingerprint density at radius 3 is 2.78 bits per heavy atom. The molecule has 0 aliphatic heterocycles. The standard InChI is InChI=1S/C13H17N3OS/c1-2-18-9-12-15-13(17-16-12)11(8-14)10-6-4-3-5-7-10/h3-7,11H,2,8-9,14H2,1H3. The van der Waals surface area contributed by atoms with Crippen molar-refractivity contribution in [2.75, 3.05) is 12.3 Å². The van der Waals surface area contributed by atoms with E-state index in [2.05, 4.69) is 17.1 Å². The lowest BCUT2D eigenvalue weighted by molar-refractivity contribution is 0.363. The molecular formula is C13H17N3OS. The molecule has 1 heterocycles. The molecule has 96 valence electrons. The van der Waals surface area contributed by atoms with Crippen LogP contribution in [0.5, 0.6) is 0 Å². The van der Waals surface area contributed by atoms with E-state index in [1.807, 2.05) is 30.3 Å². The van der Waals surface area contributed by atoms with Gasteiger partial charge in [-0.05, 0) is 11.3 Å². The third kappa shape index (κ3) is 3.11. The predicted octanol–water partition coefficient (Wildman–Crippen LogP) is 2.41. The topological polar surface area (TPSA) is 64.9 Å². The van der Waals surface area contributed by atoms with Crippen molar-refractivity contribution < 1.29 is 4.52 Å². The highest BCUT2D eigenvalue weighted by Gasteiger charge is 2.19. The van der Waals surface area contributed by atoms with Crippen LogP contribution in [0, 0.1) is 0 Å². The lowest BCUT2D eigenvalue weighted by Gasteiger charge is -2.09. The zero-order valence-corrected chi connectivity index (χ0v) is 11.2. The zero-order chi connectivity index (χ0) is 12.8. The molecule has 0 saturated carbocycles. The highest BCUT2D eigenvalue weighted by atomic mass is 32.2. The summed E-state index contributed by atoms with van der Waals surface area (Å²) in [5, 5.41) is 3.99. The van der Waals surface area contributed by atoms with Crippen molar-refractivity contribution >= 4 is 11.8 Å². The highest BCUT2D eigenvalue weighted by molar-refractivity contribution is 7.98. The lowest BCUT2D eigenvalue weighted by atomic mass is 9.99. The largest absolute Gasteiger partial charge is 0.339 e. The van der Waals surface area contributed by atoms with Gasteiger partial charge in [-0.2, -0.15) is 16.7 Å². The maximum absolute atomic E-state index is 5.81. The van der Waals surface area contributed by atoms with E-state index in [-0.39, 0.29) is 5.92 Å². The van der Waals surface area contributed by atoms with Crippen LogP contribution >= 0.6 is 11.8 Å². The summed E-state index contributed by atoms with van der Waals surface area (Å²) in [7, 11) is 0. The Labute approximate surface area is 111 Å². The van der Waals surface area contributed by atoms with Crippen molar-refractivity contribution in [1.82, 2.24) is 10.1 Å². The Hall–Kier alpha value is -1.33. The van der Waals surface area contributed by atoms with Crippen LogP contribution in [-0.2, 0) is 5.75 Å². The van der Waals surface area contributed by atoms with Gasteiger partial charge in [0.2, 0.25) is 5.89 Å². The maximum Gasteiger partial charge on any atom is 0.235 e. The molecule has 2 N–H and O–H groups in total. The molecule has 0 amide bonds. The van der Waals surface area contributed by atoms with Gasteiger partial charge in [0.15, 0.2) is 5.82 Å². The van der Waals surface area contributed by atoms with Crippen LogP contribution in [0.1, 0.15) is 30.1 Å². The Morgan fingerprint density at radius 2 is 2.11 bits per heavy atom. The number of thioether (sulfide) groups is 1. The monoisotopic (exact) mass is 263 g/mol. The SMILES string of the molecule is CCSCc1noc(C(CN)c2ccccc2)n1. The second-order valence-corrected chi connectivity index (χ2v) is 5.16. The van der Waals surface area contributed by atoms with E-state index in [0.29, 0.717) is 12.4 Å². The number of nitrogens with two attached hydrogens (primary N) is 1. The normalized spacial score (nSPS) is 12.6. The molecule has 0 radical (unpaired) electrons. The number of nitrogens with zero attached hydrogens (tertiary/aromatic N) is 2. The van der Waals surface area contributed by atoms with Gasteiger partial charge < -0.3 is 10.3 Å². The lowest BCUT2D eigenvalue weighted by Crippen LogP contribution is -2.14. The second-order valence-electron chi connectivity index (χ2n) is 3.88. The minimum Gasteiger partial charge on any atom is -0.339 e. The molecule has 0 saturated heterocycles. The molecule has 1 aromatic carbocycles. The number of hydrogen-bond acceptors (Lipinski definition) is 5. The summed E-state index contributed by atoms with van der Waals surface area (Å²) >= 11 is 1.77. The van der Waals surface area contributed by atoms with Gasteiger partial charge in [0.25, 0.3) is 0 Å². The first-order chi connectivity index (χ1) is 8.85. The fourth-order valence-corrected chi connectivity index (χ4v) is 2.23. The van der Waals surface area contributed by atoms with Gasteiger partial charge in [-0.25, -0.2) is 0 Å². The summed E-state index contributed by atoms with van der Waals surface area (Å²) in [6.45, 7) is 2.57. The van der Waals surface area contributed by atoms with Gasteiger partial charge >= 0.3 is 0 Å². The minimum absolute atomic E-state index is 0.0147. The van der Waals surface area contributed by atoms with E-state index >= 15 is 0 Å². The van der Waals surface area contributed by atoms with E-state index in [4.69, 9.17) is 10.3 Å². The second kappa shape index (κ2) is 6.56. The molecular weight excluding hydrogens is 246 g/mol. The highest BCUT2D eigenvalue weighted by Crippen LogP contribution is 2.22. The molecule has 4 nitrogen and oxygen atoms in total. The van der Waals surface area contributed by atoms with Gasteiger partial charge in [-0.3, -0.25) is 0 Å². The third-order valence-electron chi connectivity index (χ3n) is 2.65. The van der Waals surface area contributed by atoms with Crippen LogP contribution in [-0.4, -0.2) is 22.4 Å². The van der Waals surface area contributed by atoms with Gasteiger partial charge in [0, 0.05) is 6.54 Å². The van der Waals surface area contributed by atoms with Gasteiger partial charge in [0.05, 0.1) is 11.7 Å². The Balaban J connectivity index is 2.15. The maximum atomic E-state index is 5.81. The van der Waals surface area contributed by atoms with E-state index in [1.54, 1.807) is 11.8 Å². The molecule has 0 spiro atoms. The fraction of sp³-hybridized carbons (Fsp3) is 0.385. The van der Waals surface area contributed by atoms with E-state index in [1.165, 1.54) is 0 Å². The van der Waals surface area contributed by atoms with E-state index in [0.717, 1.165) is 22.9 Å². The zero-order valence-electron chi connectivity index (χ0n) is 10.4. The average Bonchev–Trinajstić information content (AvgIpc) is 2.87. The van der Waals surface area contributed by atoms with Crippen LogP contribution in [0.15, 0.2) is 34.9 Å². The van der Waals surface area contributed by atoms with Gasteiger partial charge in [-0.1, -0.05) is 42.4 Å². The minimum atomic E-state index is -0.0147. The summed E-state index contributed by atoms with van der Waals surface area (Å²) in [4.78, 5) is 4.42. The van der Waals surface area contributed by atoms with Gasteiger partial charge in [0.1, 0.15) is 0 Å². The Kier molecular flexibility index (Phi) is 4.78. The Bertz CT molecular complexity index is 472. The van der Waals surface area contributed by atoms with Crippen molar-refractivity contribution in [3.63, 3.8) is 0 Å². The fourth-order valence-electron chi connectivity index (χ4n) is 1.73. The van der Waals surface area contributed by atoms with Crippen LogP contribution in [0.2, 0.25) is 0 Å². The molecule has 0 fully saturated rings. The summed E-state index contributed by atoms with van der Waals surface area (Å²) in [6, 6.07) is 10.0. The number of benzene rings is 1. The van der Waals surface area contributed by atoms with Crippen LogP contribution in [0.3, 0.4) is 0 Å². The van der Waals surface area contributed by atoms with Crippen LogP contribution in [0.25, 0.3) is 0 Å². The van der Waals surface area contributed by atoms with E-state index in [9.17, 15) is 0 Å². The predicted molar refractivity (Wildman–Crippen MR) is 73.5 cm³/mol. The molecule has 0 aliphatic rings. The van der Waals surface area contributed by atoms with Crippen molar-refractivity contribution in [2.45, 2.75) is 18.6 Å². The van der Waals surface area contributed by atoms with E-state index < -0.39 is 0 Å². The first-order valence-electron chi connectivity index (χ1n) is 6.00.